The van der Waals surface area contributed by atoms with Crippen LogP contribution in [0.2, 0.25) is 10.0 Å². The number of hydrogen-bond acceptors (Lipinski definition) is 3. The van der Waals surface area contributed by atoms with E-state index in [1.807, 2.05) is 29.2 Å². The number of nitrogens with zero attached hydrogens (tertiary/aromatic N) is 2. The van der Waals surface area contributed by atoms with Crippen molar-refractivity contribution in [2.75, 3.05) is 13.1 Å². The Morgan fingerprint density at radius 2 is 1.73 bits per heavy atom. The zero-order valence-corrected chi connectivity index (χ0v) is 18.4. The third-order valence-corrected chi connectivity index (χ3v) is 5.93. The summed E-state index contributed by atoms with van der Waals surface area (Å²) >= 11 is 12.3. The van der Waals surface area contributed by atoms with Gasteiger partial charge in [0, 0.05) is 39.7 Å². The molecule has 3 aromatic rings. The second-order valence-electron chi connectivity index (χ2n) is 8.07. The summed E-state index contributed by atoms with van der Waals surface area (Å²) in [6.07, 6.45) is 3.93. The SMILES string of the molecule is CC1(C)CN(C(=O)c2cccc(Cl)c2)CCC1=C(c1cccc(Cl)c1)c1ncco1. The van der Waals surface area contributed by atoms with Crippen LogP contribution >= 0.6 is 23.2 Å². The zero-order chi connectivity index (χ0) is 21.3. The number of carbonyl (C=O) groups excluding carboxylic acids is 1. The van der Waals surface area contributed by atoms with Gasteiger partial charge in [-0.05, 0) is 47.9 Å². The predicted molar refractivity (Wildman–Crippen MR) is 120 cm³/mol. The van der Waals surface area contributed by atoms with Gasteiger partial charge in [-0.15, -0.1) is 0 Å². The van der Waals surface area contributed by atoms with Crippen molar-refractivity contribution in [1.29, 1.82) is 0 Å². The first kappa shape index (κ1) is 20.7. The maximum Gasteiger partial charge on any atom is 0.253 e. The number of halogens is 2. The van der Waals surface area contributed by atoms with Gasteiger partial charge in [-0.2, -0.15) is 0 Å². The van der Waals surface area contributed by atoms with Crippen molar-refractivity contribution in [3.8, 4) is 0 Å². The molecule has 0 spiro atoms. The Morgan fingerprint density at radius 3 is 2.33 bits per heavy atom. The molecule has 2 heterocycles. The summed E-state index contributed by atoms with van der Waals surface area (Å²) in [5, 5.41) is 1.22. The Balaban J connectivity index is 1.72. The lowest BCUT2D eigenvalue weighted by Gasteiger charge is -2.41. The van der Waals surface area contributed by atoms with Crippen LogP contribution in [0.1, 0.15) is 42.1 Å². The molecular formula is C24H22Cl2N2O2. The van der Waals surface area contributed by atoms with Gasteiger partial charge in [0.2, 0.25) is 5.89 Å². The summed E-state index contributed by atoms with van der Waals surface area (Å²) in [6, 6.07) is 14.8. The molecule has 1 amide bonds. The molecule has 2 aromatic carbocycles. The summed E-state index contributed by atoms with van der Waals surface area (Å²) in [6.45, 7) is 5.48. The molecule has 6 heteroatoms. The van der Waals surface area contributed by atoms with Gasteiger partial charge in [-0.3, -0.25) is 4.79 Å². The Labute approximate surface area is 186 Å². The molecule has 0 bridgehead atoms. The molecule has 1 aliphatic heterocycles. The van der Waals surface area contributed by atoms with E-state index in [1.165, 1.54) is 5.57 Å². The smallest absolute Gasteiger partial charge is 0.253 e. The molecule has 0 unspecified atom stereocenters. The molecule has 0 radical (unpaired) electrons. The number of likely N-dealkylation sites (tertiary alicyclic amines) is 1. The fourth-order valence-corrected chi connectivity index (χ4v) is 4.48. The molecule has 1 aromatic heterocycles. The average Bonchev–Trinajstić information content (AvgIpc) is 3.23. The molecule has 1 aliphatic rings. The molecule has 4 nitrogen and oxygen atoms in total. The molecule has 0 aliphatic carbocycles. The Bertz CT molecular complexity index is 1100. The van der Waals surface area contributed by atoms with Crippen LogP contribution in [0.25, 0.3) is 5.57 Å². The van der Waals surface area contributed by atoms with Gasteiger partial charge in [-0.25, -0.2) is 4.98 Å². The van der Waals surface area contributed by atoms with Gasteiger partial charge in [0.25, 0.3) is 5.91 Å². The predicted octanol–water partition coefficient (Wildman–Crippen LogP) is 6.36. The van der Waals surface area contributed by atoms with E-state index in [4.69, 9.17) is 27.6 Å². The van der Waals surface area contributed by atoms with Crippen LogP contribution in [0, 0.1) is 5.41 Å². The van der Waals surface area contributed by atoms with E-state index in [0.29, 0.717) is 41.0 Å². The first-order valence-electron chi connectivity index (χ1n) is 9.79. The fourth-order valence-electron chi connectivity index (χ4n) is 4.10. The van der Waals surface area contributed by atoms with E-state index in [-0.39, 0.29) is 11.3 Å². The number of hydrogen-bond donors (Lipinski definition) is 0. The first-order valence-corrected chi connectivity index (χ1v) is 10.5. The minimum absolute atomic E-state index is 0.00921. The van der Waals surface area contributed by atoms with E-state index in [1.54, 1.807) is 36.7 Å². The Morgan fingerprint density at radius 1 is 1.07 bits per heavy atom. The van der Waals surface area contributed by atoms with E-state index in [2.05, 4.69) is 18.8 Å². The largest absolute Gasteiger partial charge is 0.445 e. The van der Waals surface area contributed by atoms with Crippen molar-refractivity contribution in [2.24, 2.45) is 5.41 Å². The number of benzene rings is 2. The number of piperidine rings is 1. The number of aromatic nitrogens is 1. The highest BCUT2D eigenvalue weighted by atomic mass is 35.5. The quantitative estimate of drug-likeness (QED) is 0.476. The van der Waals surface area contributed by atoms with Crippen molar-refractivity contribution >= 4 is 34.7 Å². The monoisotopic (exact) mass is 440 g/mol. The normalized spacial score (nSPS) is 17.7. The highest BCUT2D eigenvalue weighted by Gasteiger charge is 2.36. The van der Waals surface area contributed by atoms with Gasteiger partial charge in [-0.1, -0.05) is 55.2 Å². The minimum Gasteiger partial charge on any atom is -0.445 e. The summed E-state index contributed by atoms with van der Waals surface area (Å²) in [5.74, 6) is 0.556. The second-order valence-corrected chi connectivity index (χ2v) is 8.94. The highest BCUT2D eigenvalue weighted by molar-refractivity contribution is 6.31. The lowest BCUT2D eigenvalue weighted by atomic mass is 9.75. The molecule has 1 saturated heterocycles. The van der Waals surface area contributed by atoms with E-state index < -0.39 is 0 Å². The molecule has 0 N–H and O–H groups in total. The fraction of sp³-hybridized carbons (Fsp3) is 0.250. The van der Waals surface area contributed by atoms with Crippen molar-refractivity contribution in [3.63, 3.8) is 0 Å². The Kier molecular flexibility index (Phi) is 5.72. The number of oxazole rings is 1. The lowest BCUT2D eigenvalue weighted by Crippen LogP contribution is -2.45. The topological polar surface area (TPSA) is 46.3 Å². The van der Waals surface area contributed by atoms with Crippen molar-refractivity contribution < 1.29 is 9.21 Å². The first-order chi connectivity index (χ1) is 14.3. The van der Waals surface area contributed by atoms with E-state index >= 15 is 0 Å². The molecular weight excluding hydrogens is 419 g/mol. The van der Waals surface area contributed by atoms with Crippen LogP contribution < -0.4 is 0 Å². The van der Waals surface area contributed by atoms with Crippen LogP contribution in [0.15, 0.2) is 71.0 Å². The third-order valence-electron chi connectivity index (χ3n) is 5.45. The summed E-state index contributed by atoms with van der Waals surface area (Å²) in [5.41, 5.74) is 3.43. The molecule has 154 valence electrons. The summed E-state index contributed by atoms with van der Waals surface area (Å²) in [4.78, 5) is 19.4. The second kappa shape index (κ2) is 8.29. The van der Waals surface area contributed by atoms with Gasteiger partial charge < -0.3 is 9.32 Å². The van der Waals surface area contributed by atoms with Crippen LogP contribution in [0.5, 0.6) is 0 Å². The molecule has 30 heavy (non-hydrogen) atoms. The maximum absolute atomic E-state index is 13.1. The Hall–Kier alpha value is -2.56. The van der Waals surface area contributed by atoms with E-state index in [0.717, 1.165) is 11.1 Å². The van der Waals surface area contributed by atoms with Gasteiger partial charge in [0.1, 0.15) is 6.26 Å². The van der Waals surface area contributed by atoms with Gasteiger partial charge in [0.05, 0.1) is 6.20 Å². The zero-order valence-electron chi connectivity index (χ0n) is 16.9. The van der Waals surface area contributed by atoms with Crippen LogP contribution in [0.3, 0.4) is 0 Å². The lowest BCUT2D eigenvalue weighted by molar-refractivity contribution is 0.0664. The summed E-state index contributed by atoms with van der Waals surface area (Å²) in [7, 11) is 0. The molecule has 0 atom stereocenters. The van der Waals surface area contributed by atoms with Gasteiger partial charge in [0.15, 0.2) is 0 Å². The number of amides is 1. The standard InChI is InChI=1S/C24H22Cl2N2O2/c1-24(2)15-28(23(29)17-6-4-8-19(26)14-17)11-9-20(24)21(22-27-10-12-30-22)16-5-3-7-18(25)13-16/h3-8,10,12-14H,9,11,15H2,1-2H3. The maximum atomic E-state index is 13.1. The van der Waals surface area contributed by atoms with Crippen LogP contribution in [0.4, 0.5) is 0 Å². The molecule has 0 saturated carbocycles. The van der Waals surface area contributed by atoms with Crippen LogP contribution in [-0.4, -0.2) is 28.9 Å². The molecule has 1 fully saturated rings. The van der Waals surface area contributed by atoms with Crippen molar-refractivity contribution in [2.45, 2.75) is 20.3 Å². The van der Waals surface area contributed by atoms with Crippen LogP contribution in [-0.2, 0) is 0 Å². The van der Waals surface area contributed by atoms with Crippen molar-refractivity contribution in [1.82, 2.24) is 9.88 Å². The van der Waals surface area contributed by atoms with Gasteiger partial charge >= 0.3 is 0 Å². The third kappa shape index (κ3) is 4.16. The number of carbonyl (C=O) groups is 1. The molecule has 4 rings (SSSR count). The number of rotatable bonds is 3. The summed E-state index contributed by atoms with van der Waals surface area (Å²) < 4.78 is 5.69. The average molecular weight is 441 g/mol. The minimum atomic E-state index is -0.279. The van der Waals surface area contributed by atoms with Crippen molar-refractivity contribution in [3.05, 3.63) is 93.6 Å². The highest BCUT2D eigenvalue weighted by Crippen LogP contribution is 2.42. The van der Waals surface area contributed by atoms with E-state index in [9.17, 15) is 4.79 Å².